The van der Waals surface area contributed by atoms with Gasteiger partial charge in [-0.25, -0.2) is 0 Å². The highest BCUT2D eigenvalue weighted by atomic mass is 16.2. The number of amides is 1. The number of nitrogens with one attached hydrogen (secondary N) is 1. The molecule has 0 spiro atoms. The molecular formula is C17H24N4O. The maximum Gasteiger partial charge on any atom is 0.236 e. The molecule has 118 valence electrons. The van der Waals surface area contributed by atoms with Crippen molar-refractivity contribution in [3.63, 3.8) is 0 Å². The molecule has 0 fully saturated rings. The van der Waals surface area contributed by atoms with Crippen LogP contribution in [0, 0.1) is 6.92 Å². The zero-order chi connectivity index (χ0) is 15.9. The van der Waals surface area contributed by atoms with E-state index in [1.54, 1.807) is 11.1 Å². The first kappa shape index (κ1) is 16.2. The highest BCUT2D eigenvalue weighted by molar-refractivity contribution is 5.78. The molecule has 2 rings (SSSR count). The number of carbonyl (C=O) groups excluding carboxylic acids is 1. The molecule has 1 amide bonds. The van der Waals surface area contributed by atoms with Gasteiger partial charge in [0.25, 0.3) is 0 Å². The zero-order valence-corrected chi connectivity index (χ0v) is 13.5. The average molecular weight is 300 g/mol. The molecule has 1 unspecified atom stereocenters. The molecule has 1 N–H and O–H groups in total. The van der Waals surface area contributed by atoms with Crippen molar-refractivity contribution < 1.29 is 4.79 Å². The largest absolute Gasteiger partial charge is 0.340 e. The van der Waals surface area contributed by atoms with Gasteiger partial charge in [-0.3, -0.25) is 9.48 Å². The van der Waals surface area contributed by atoms with Gasteiger partial charge >= 0.3 is 0 Å². The molecule has 0 saturated heterocycles. The minimum Gasteiger partial charge on any atom is -0.340 e. The monoisotopic (exact) mass is 300 g/mol. The lowest BCUT2D eigenvalue weighted by Gasteiger charge is -2.20. The van der Waals surface area contributed by atoms with E-state index in [-0.39, 0.29) is 11.9 Å². The number of carbonyl (C=O) groups is 1. The Balaban J connectivity index is 1.75. The molecule has 1 heterocycles. The minimum absolute atomic E-state index is 0.0906. The van der Waals surface area contributed by atoms with E-state index in [0.29, 0.717) is 13.1 Å². The van der Waals surface area contributed by atoms with Crippen LogP contribution in [0.25, 0.3) is 0 Å². The van der Waals surface area contributed by atoms with Crippen LogP contribution in [0.5, 0.6) is 0 Å². The normalized spacial score (nSPS) is 12.1. The van der Waals surface area contributed by atoms with Crippen LogP contribution in [0.1, 0.15) is 18.1 Å². The highest BCUT2D eigenvalue weighted by Crippen LogP contribution is 2.05. The van der Waals surface area contributed by atoms with E-state index in [1.165, 1.54) is 5.56 Å². The number of rotatable bonds is 7. The Morgan fingerprint density at radius 2 is 2.09 bits per heavy atom. The zero-order valence-electron chi connectivity index (χ0n) is 13.5. The lowest BCUT2D eigenvalue weighted by atomic mass is 10.1. The molecule has 0 aliphatic carbocycles. The molecule has 0 radical (unpaired) electrons. The van der Waals surface area contributed by atoms with E-state index >= 15 is 0 Å². The van der Waals surface area contributed by atoms with Gasteiger partial charge in [-0.05, 0) is 25.5 Å². The van der Waals surface area contributed by atoms with Gasteiger partial charge in [0.2, 0.25) is 5.91 Å². The van der Waals surface area contributed by atoms with Gasteiger partial charge < -0.3 is 10.2 Å². The van der Waals surface area contributed by atoms with E-state index in [9.17, 15) is 4.79 Å². The molecule has 5 nitrogen and oxygen atoms in total. The predicted octanol–water partition coefficient (Wildman–Crippen LogP) is 1.83. The summed E-state index contributed by atoms with van der Waals surface area (Å²) >= 11 is 0. The molecular weight excluding hydrogens is 276 g/mol. The van der Waals surface area contributed by atoms with Gasteiger partial charge in [-0.15, -0.1) is 0 Å². The molecule has 0 aliphatic rings. The van der Waals surface area contributed by atoms with Crippen LogP contribution < -0.4 is 5.32 Å². The van der Waals surface area contributed by atoms with Crippen LogP contribution in [0.4, 0.5) is 0 Å². The van der Waals surface area contributed by atoms with Gasteiger partial charge in [-0.1, -0.05) is 29.8 Å². The maximum absolute atomic E-state index is 12.2. The van der Waals surface area contributed by atoms with Gasteiger partial charge in [-0.2, -0.15) is 5.10 Å². The van der Waals surface area contributed by atoms with Crippen LogP contribution >= 0.6 is 0 Å². The van der Waals surface area contributed by atoms with Gasteiger partial charge in [0.1, 0.15) is 0 Å². The molecule has 2 aromatic rings. The van der Waals surface area contributed by atoms with Crippen molar-refractivity contribution in [3.8, 4) is 0 Å². The summed E-state index contributed by atoms with van der Waals surface area (Å²) in [5.74, 6) is 0.0906. The fraction of sp³-hybridized carbons (Fsp3) is 0.412. The fourth-order valence-corrected chi connectivity index (χ4v) is 2.21. The number of aryl methyl sites for hydroxylation is 1. The van der Waals surface area contributed by atoms with E-state index in [1.807, 2.05) is 24.0 Å². The van der Waals surface area contributed by atoms with Crippen molar-refractivity contribution in [2.24, 2.45) is 0 Å². The Kier molecular flexibility index (Phi) is 5.72. The third kappa shape index (κ3) is 5.00. The molecule has 1 aromatic carbocycles. The van der Waals surface area contributed by atoms with Crippen LogP contribution in [0.2, 0.25) is 0 Å². The van der Waals surface area contributed by atoms with Gasteiger partial charge in [0.15, 0.2) is 0 Å². The standard InChI is InChI=1S/C17H24N4O/c1-14-5-7-16(8-6-14)13-20(3)17(22)11-18-15(2)12-21-10-4-9-19-21/h4-10,15,18H,11-13H2,1-3H3. The Hall–Kier alpha value is -2.14. The molecule has 0 aliphatic heterocycles. The predicted molar refractivity (Wildman–Crippen MR) is 87.3 cm³/mol. The second kappa shape index (κ2) is 7.75. The molecule has 1 aromatic heterocycles. The lowest BCUT2D eigenvalue weighted by molar-refractivity contribution is -0.129. The Morgan fingerprint density at radius 3 is 2.73 bits per heavy atom. The van der Waals surface area contributed by atoms with Crippen LogP contribution in [0.15, 0.2) is 42.7 Å². The lowest BCUT2D eigenvalue weighted by Crippen LogP contribution is -2.40. The number of benzene rings is 1. The molecule has 22 heavy (non-hydrogen) atoms. The first-order chi connectivity index (χ1) is 10.5. The maximum atomic E-state index is 12.2. The summed E-state index contributed by atoms with van der Waals surface area (Å²) in [6.45, 7) is 5.83. The van der Waals surface area contributed by atoms with Crippen molar-refractivity contribution in [2.45, 2.75) is 33.0 Å². The second-order valence-corrected chi connectivity index (χ2v) is 5.75. The Bertz CT molecular complexity index is 577. The summed E-state index contributed by atoms with van der Waals surface area (Å²) in [5.41, 5.74) is 2.37. The third-order valence-corrected chi connectivity index (χ3v) is 3.59. The number of nitrogens with zero attached hydrogens (tertiary/aromatic N) is 3. The minimum atomic E-state index is 0.0906. The van der Waals surface area contributed by atoms with Crippen molar-refractivity contribution in [1.82, 2.24) is 20.0 Å². The van der Waals surface area contributed by atoms with E-state index < -0.39 is 0 Å². The van der Waals surface area contributed by atoms with Gasteiger partial charge in [0, 0.05) is 32.0 Å². The summed E-state index contributed by atoms with van der Waals surface area (Å²) in [5, 5.41) is 7.41. The third-order valence-electron chi connectivity index (χ3n) is 3.59. The topological polar surface area (TPSA) is 50.2 Å². The number of hydrogen-bond acceptors (Lipinski definition) is 3. The van der Waals surface area contributed by atoms with Crippen LogP contribution in [0.3, 0.4) is 0 Å². The smallest absolute Gasteiger partial charge is 0.236 e. The Morgan fingerprint density at radius 1 is 1.36 bits per heavy atom. The molecule has 5 heteroatoms. The van der Waals surface area contributed by atoms with Crippen molar-refractivity contribution in [2.75, 3.05) is 13.6 Å². The summed E-state index contributed by atoms with van der Waals surface area (Å²) in [7, 11) is 1.84. The summed E-state index contributed by atoms with van der Waals surface area (Å²) in [6.07, 6.45) is 3.68. The van der Waals surface area contributed by atoms with Crippen molar-refractivity contribution in [3.05, 3.63) is 53.9 Å². The average Bonchev–Trinajstić information content (AvgIpc) is 3.00. The van der Waals surface area contributed by atoms with Gasteiger partial charge in [0.05, 0.1) is 13.1 Å². The first-order valence-corrected chi connectivity index (χ1v) is 7.55. The number of hydrogen-bond donors (Lipinski definition) is 1. The fourth-order valence-electron chi connectivity index (χ4n) is 2.21. The number of likely N-dealkylation sites (N-methyl/N-ethyl adjacent to an activating group) is 1. The second-order valence-electron chi connectivity index (χ2n) is 5.75. The summed E-state index contributed by atoms with van der Waals surface area (Å²) in [4.78, 5) is 13.9. The van der Waals surface area contributed by atoms with E-state index in [0.717, 1.165) is 12.1 Å². The van der Waals surface area contributed by atoms with Crippen molar-refractivity contribution in [1.29, 1.82) is 0 Å². The van der Waals surface area contributed by atoms with Crippen LogP contribution in [-0.4, -0.2) is 40.2 Å². The van der Waals surface area contributed by atoms with E-state index in [4.69, 9.17) is 0 Å². The Labute approximate surface area is 131 Å². The molecule has 1 atom stereocenters. The van der Waals surface area contributed by atoms with E-state index in [2.05, 4.69) is 48.5 Å². The first-order valence-electron chi connectivity index (χ1n) is 7.55. The molecule has 0 bridgehead atoms. The molecule has 0 saturated carbocycles. The quantitative estimate of drug-likeness (QED) is 0.848. The highest BCUT2D eigenvalue weighted by Gasteiger charge is 2.11. The van der Waals surface area contributed by atoms with Crippen LogP contribution in [-0.2, 0) is 17.9 Å². The summed E-state index contributed by atoms with van der Waals surface area (Å²) in [6, 6.07) is 10.3. The number of aromatic nitrogens is 2. The SMILES string of the molecule is Cc1ccc(CN(C)C(=O)CNC(C)Cn2cccn2)cc1. The van der Waals surface area contributed by atoms with Crippen molar-refractivity contribution >= 4 is 5.91 Å². The summed E-state index contributed by atoms with van der Waals surface area (Å²) < 4.78 is 1.86.